The van der Waals surface area contributed by atoms with Gasteiger partial charge in [0.1, 0.15) is 17.3 Å². The van der Waals surface area contributed by atoms with E-state index in [1.54, 1.807) is 13.0 Å². The fourth-order valence-corrected chi connectivity index (χ4v) is 4.52. The Morgan fingerprint density at radius 3 is 2.79 bits per heavy atom. The Balaban J connectivity index is 2.01. The van der Waals surface area contributed by atoms with Crippen LogP contribution in [-0.4, -0.2) is 48.9 Å². The van der Waals surface area contributed by atoms with Crippen molar-refractivity contribution in [2.24, 2.45) is 0 Å². The number of rotatable bonds is 5. The van der Waals surface area contributed by atoms with Crippen molar-refractivity contribution < 1.29 is 22.9 Å². The van der Waals surface area contributed by atoms with Gasteiger partial charge in [-0.05, 0) is 24.1 Å². The van der Waals surface area contributed by atoms with Crippen molar-refractivity contribution in [2.45, 2.75) is 18.4 Å². The summed E-state index contributed by atoms with van der Waals surface area (Å²) in [4.78, 5) is 27.9. The van der Waals surface area contributed by atoms with Crippen LogP contribution in [-0.2, 0) is 26.1 Å². The number of nitrogens with zero attached hydrogens (tertiary/aromatic N) is 4. The zero-order valence-electron chi connectivity index (χ0n) is 15.2. The Morgan fingerprint density at radius 2 is 2.11 bits per heavy atom. The zero-order chi connectivity index (χ0) is 20.5. The highest BCUT2D eigenvalue weighted by Crippen LogP contribution is 2.33. The van der Waals surface area contributed by atoms with Crippen LogP contribution in [0.15, 0.2) is 41.4 Å². The van der Waals surface area contributed by atoms with Crippen LogP contribution in [0.4, 0.5) is 11.5 Å². The Labute approximate surface area is 161 Å². The van der Waals surface area contributed by atoms with E-state index in [1.807, 2.05) is 0 Å². The predicted molar refractivity (Wildman–Crippen MR) is 99.0 cm³/mol. The van der Waals surface area contributed by atoms with Gasteiger partial charge in [-0.15, -0.1) is 0 Å². The number of benzene rings is 1. The van der Waals surface area contributed by atoms with Crippen LogP contribution in [0.2, 0.25) is 0 Å². The largest absolute Gasteiger partial charge is 0.468 e. The summed E-state index contributed by atoms with van der Waals surface area (Å²) in [6.07, 6.45) is 1.52. The highest BCUT2D eigenvalue weighted by atomic mass is 32.2. The number of esters is 1. The first-order chi connectivity index (χ1) is 13.2. The van der Waals surface area contributed by atoms with Crippen LogP contribution in [0, 0.1) is 17.0 Å². The molecule has 0 N–H and O–H groups in total. The van der Waals surface area contributed by atoms with Gasteiger partial charge in [0.25, 0.3) is 5.69 Å². The normalized spacial score (nSPS) is 15.7. The van der Waals surface area contributed by atoms with Gasteiger partial charge in [0, 0.05) is 24.9 Å². The molecule has 28 heavy (non-hydrogen) atoms. The number of aryl methyl sites for hydroxylation is 1. The third-order valence-corrected chi connectivity index (χ3v) is 6.02. The van der Waals surface area contributed by atoms with Crippen molar-refractivity contribution in [1.29, 1.82) is 0 Å². The summed E-state index contributed by atoms with van der Waals surface area (Å²) < 4.78 is 32.0. The van der Waals surface area contributed by atoms with Gasteiger partial charge in [0.05, 0.1) is 18.7 Å². The van der Waals surface area contributed by atoms with Gasteiger partial charge in [-0.3, -0.25) is 14.9 Å². The van der Waals surface area contributed by atoms with Crippen LogP contribution in [0.25, 0.3) is 0 Å². The van der Waals surface area contributed by atoms with Crippen LogP contribution in [0.5, 0.6) is 0 Å². The number of hydrogen-bond acceptors (Lipinski definition) is 8. The lowest BCUT2D eigenvalue weighted by Crippen LogP contribution is -2.48. The van der Waals surface area contributed by atoms with Gasteiger partial charge in [0.15, 0.2) is 0 Å². The van der Waals surface area contributed by atoms with Crippen LogP contribution >= 0.6 is 0 Å². The molecule has 3 rings (SSSR count). The van der Waals surface area contributed by atoms with E-state index in [1.165, 1.54) is 42.5 Å². The van der Waals surface area contributed by atoms with E-state index in [0.717, 1.165) is 4.31 Å². The number of nitro groups is 1. The molecule has 2 aromatic rings. The number of carbonyl (C=O) groups excluding carboxylic acids is 1. The van der Waals surface area contributed by atoms with E-state index in [4.69, 9.17) is 0 Å². The molecule has 0 spiro atoms. The molecule has 10 nitrogen and oxygen atoms in total. The van der Waals surface area contributed by atoms with E-state index in [2.05, 4.69) is 9.72 Å². The third kappa shape index (κ3) is 3.80. The first kappa shape index (κ1) is 19.7. The van der Waals surface area contributed by atoms with E-state index in [0.29, 0.717) is 11.1 Å². The molecule has 0 atom stereocenters. The number of ether oxygens (including phenoxy) is 1. The second-order valence-electron chi connectivity index (χ2n) is 6.29. The molecule has 0 fully saturated rings. The lowest BCUT2D eigenvalue weighted by atomic mass is 10.2. The molecular weight excluding hydrogens is 388 g/mol. The highest BCUT2D eigenvalue weighted by Gasteiger charge is 2.37. The van der Waals surface area contributed by atoms with E-state index in [-0.39, 0.29) is 36.2 Å². The van der Waals surface area contributed by atoms with Gasteiger partial charge >= 0.3 is 5.97 Å². The number of fused-ring (bicyclic) bond motifs is 1. The first-order valence-electron chi connectivity index (χ1n) is 8.24. The van der Waals surface area contributed by atoms with Crippen molar-refractivity contribution >= 4 is 27.5 Å². The summed E-state index contributed by atoms with van der Waals surface area (Å²) in [5, 5.41) is 11.0. The number of sulfonamides is 1. The van der Waals surface area contributed by atoms with Crippen molar-refractivity contribution in [3.63, 3.8) is 0 Å². The second kappa shape index (κ2) is 7.52. The number of anilines is 1. The molecule has 2 heterocycles. The van der Waals surface area contributed by atoms with E-state index in [9.17, 15) is 23.3 Å². The number of hydrogen-bond donors (Lipinski definition) is 0. The molecule has 0 bridgehead atoms. The van der Waals surface area contributed by atoms with E-state index >= 15 is 0 Å². The predicted octanol–water partition coefficient (Wildman–Crippen LogP) is 1.44. The SMILES string of the molecule is COC(=O)CN1CN(Cc2cccc([N+](=O)[O-])c2)S(=O)(=O)c2cc(C)cnc21. The van der Waals surface area contributed by atoms with E-state index < -0.39 is 20.9 Å². The summed E-state index contributed by atoms with van der Waals surface area (Å²) in [5.41, 5.74) is 0.980. The Bertz CT molecular complexity index is 1040. The molecule has 1 aromatic heterocycles. The molecule has 0 aliphatic carbocycles. The second-order valence-corrected chi connectivity index (χ2v) is 8.20. The average Bonchev–Trinajstić information content (AvgIpc) is 2.66. The minimum absolute atomic E-state index is 0.0203. The smallest absolute Gasteiger partial charge is 0.325 e. The number of methoxy groups -OCH3 is 1. The number of non-ortho nitro benzene ring substituents is 1. The summed E-state index contributed by atoms with van der Waals surface area (Å²) in [6, 6.07) is 7.25. The highest BCUT2D eigenvalue weighted by molar-refractivity contribution is 7.89. The van der Waals surface area contributed by atoms with Crippen molar-refractivity contribution in [3.05, 3.63) is 57.8 Å². The minimum atomic E-state index is -3.90. The number of carbonyl (C=O) groups is 1. The maximum atomic E-state index is 13.1. The molecule has 0 saturated heterocycles. The summed E-state index contributed by atoms with van der Waals surface area (Å²) in [5.74, 6) is -0.366. The molecule has 1 aromatic carbocycles. The minimum Gasteiger partial charge on any atom is -0.468 e. The topological polar surface area (TPSA) is 123 Å². The third-order valence-electron chi connectivity index (χ3n) is 4.24. The van der Waals surface area contributed by atoms with Crippen LogP contribution < -0.4 is 4.90 Å². The molecule has 1 aliphatic rings. The Morgan fingerprint density at radius 1 is 1.36 bits per heavy atom. The van der Waals surface area contributed by atoms with Crippen LogP contribution in [0.3, 0.4) is 0 Å². The van der Waals surface area contributed by atoms with Crippen LogP contribution in [0.1, 0.15) is 11.1 Å². The maximum absolute atomic E-state index is 13.1. The number of nitro benzene ring substituents is 1. The van der Waals surface area contributed by atoms with Gasteiger partial charge in [-0.2, -0.15) is 4.31 Å². The monoisotopic (exact) mass is 406 g/mol. The van der Waals surface area contributed by atoms with Gasteiger partial charge < -0.3 is 9.64 Å². The number of aromatic nitrogens is 1. The Kier molecular flexibility index (Phi) is 5.29. The molecule has 0 radical (unpaired) electrons. The molecule has 0 amide bonds. The molecule has 0 saturated carbocycles. The molecule has 0 unspecified atom stereocenters. The average molecular weight is 406 g/mol. The summed E-state index contributed by atoms with van der Waals surface area (Å²) >= 11 is 0. The summed E-state index contributed by atoms with van der Waals surface area (Å²) in [7, 11) is -2.66. The molecule has 11 heteroatoms. The first-order valence-corrected chi connectivity index (χ1v) is 9.68. The van der Waals surface area contributed by atoms with Gasteiger partial charge in [-0.25, -0.2) is 13.4 Å². The quantitative estimate of drug-likeness (QED) is 0.415. The molecular formula is C17H18N4O6S. The van der Waals surface area contributed by atoms with Crippen molar-refractivity contribution in [1.82, 2.24) is 9.29 Å². The van der Waals surface area contributed by atoms with Gasteiger partial charge in [0.2, 0.25) is 10.0 Å². The molecule has 148 valence electrons. The van der Waals surface area contributed by atoms with Crippen molar-refractivity contribution in [2.75, 3.05) is 25.2 Å². The van der Waals surface area contributed by atoms with Gasteiger partial charge in [-0.1, -0.05) is 12.1 Å². The standard InChI is InChI=1S/C17H18N4O6S/c1-12-6-15-17(18-8-12)19(10-16(22)27-2)11-20(28(15,25)26)9-13-4-3-5-14(7-13)21(23)24/h3-8H,9-11H2,1-2H3. The maximum Gasteiger partial charge on any atom is 0.325 e. The Hall–Kier alpha value is -3.05. The lowest BCUT2D eigenvalue weighted by Gasteiger charge is -2.36. The number of pyridine rings is 1. The van der Waals surface area contributed by atoms with Crippen molar-refractivity contribution in [3.8, 4) is 0 Å². The summed E-state index contributed by atoms with van der Waals surface area (Å²) in [6.45, 7) is 1.31. The fraction of sp³-hybridized carbons (Fsp3) is 0.294. The zero-order valence-corrected chi connectivity index (χ0v) is 16.0. The lowest BCUT2D eigenvalue weighted by molar-refractivity contribution is -0.384. The fourth-order valence-electron chi connectivity index (χ4n) is 2.89. The molecule has 1 aliphatic heterocycles.